The summed E-state index contributed by atoms with van der Waals surface area (Å²) in [6, 6.07) is 10.5. The molecule has 28 heavy (non-hydrogen) atoms. The van der Waals surface area contributed by atoms with Crippen molar-refractivity contribution in [1.29, 1.82) is 0 Å². The lowest BCUT2D eigenvalue weighted by molar-refractivity contribution is -0.120. The van der Waals surface area contributed by atoms with Gasteiger partial charge in [-0.25, -0.2) is 15.0 Å². The molecule has 148 valence electrons. The first kappa shape index (κ1) is 20.8. The van der Waals surface area contributed by atoms with E-state index in [0.29, 0.717) is 22.1 Å². The van der Waals surface area contributed by atoms with Crippen molar-refractivity contribution < 1.29 is 19.1 Å². The van der Waals surface area contributed by atoms with Crippen LogP contribution in [0.5, 0.6) is 5.75 Å². The van der Waals surface area contributed by atoms with Crippen LogP contribution in [0.1, 0.15) is 5.56 Å². The van der Waals surface area contributed by atoms with Gasteiger partial charge in [-0.1, -0.05) is 11.6 Å². The highest BCUT2D eigenvalue weighted by atomic mass is 35.5. The molecule has 0 aliphatic heterocycles. The minimum absolute atomic E-state index is 0.331. The Morgan fingerprint density at radius 3 is 2.32 bits per heavy atom. The lowest BCUT2D eigenvalue weighted by atomic mass is 10.2. The number of rotatable bonds is 5. The van der Waals surface area contributed by atoms with Crippen LogP contribution >= 0.6 is 11.6 Å². The van der Waals surface area contributed by atoms with Crippen molar-refractivity contribution >= 4 is 40.9 Å². The van der Waals surface area contributed by atoms with E-state index in [4.69, 9.17) is 16.3 Å². The molecule has 0 saturated carbocycles. The Balaban J connectivity index is 1.69. The van der Waals surface area contributed by atoms with E-state index in [1.807, 2.05) is 0 Å². The van der Waals surface area contributed by atoms with E-state index < -0.39 is 18.0 Å². The first-order chi connectivity index (χ1) is 13.4. The first-order valence-electron chi connectivity index (χ1n) is 8.18. The molecule has 0 unspecified atom stereocenters. The maximum Gasteiger partial charge on any atom is 0.337 e. The number of ether oxygens (including phenoxy) is 1. The summed E-state index contributed by atoms with van der Waals surface area (Å²) in [6.07, 6.45) is 0. The van der Waals surface area contributed by atoms with Crippen molar-refractivity contribution in [3.63, 3.8) is 0 Å². The zero-order valence-corrected chi connectivity index (χ0v) is 16.0. The van der Waals surface area contributed by atoms with Crippen LogP contribution in [-0.4, -0.2) is 31.6 Å². The summed E-state index contributed by atoms with van der Waals surface area (Å²) in [6.45, 7) is 1.45. The van der Waals surface area contributed by atoms with Crippen LogP contribution in [0.15, 0.2) is 42.5 Å². The molecule has 0 aliphatic rings. The van der Waals surface area contributed by atoms with Crippen LogP contribution in [0, 0.1) is 6.92 Å². The molecule has 5 amide bonds. The van der Waals surface area contributed by atoms with Gasteiger partial charge in [-0.15, -0.1) is 0 Å². The largest absolute Gasteiger partial charge is 0.497 e. The predicted molar refractivity (Wildman–Crippen MR) is 107 cm³/mol. The number of anilines is 2. The topological polar surface area (TPSA) is 121 Å². The third-order valence-corrected chi connectivity index (χ3v) is 3.74. The van der Waals surface area contributed by atoms with Gasteiger partial charge in [0.25, 0.3) is 5.91 Å². The molecule has 0 aromatic heterocycles. The van der Waals surface area contributed by atoms with Gasteiger partial charge in [-0.3, -0.25) is 10.2 Å². The van der Waals surface area contributed by atoms with E-state index in [2.05, 4.69) is 26.8 Å². The summed E-state index contributed by atoms with van der Waals surface area (Å²) in [5, 5.41) is 8.05. The molecular formula is C18H20ClN5O4. The van der Waals surface area contributed by atoms with Crippen LogP contribution in [0.4, 0.5) is 21.0 Å². The fourth-order valence-electron chi connectivity index (χ4n) is 2.10. The summed E-state index contributed by atoms with van der Waals surface area (Å²) in [7, 11) is 1.54. The van der Waals surface area contributed by atoms with E-state index in [1.54, 1.807) is 56.5 Å². The maximum absolute atomic E-state index is 11.8. The van der Waals surface area contributed by atoms with Crippen LogP contribution in [0.3, 0.4) is 0 Å². The zero-order chi connectivity index (χ0) is 20.5. The fourth-order valence-corrected chi connectivity index (χ4v) is 2.33. The molecular weight excluding hydrogens is 386 g/mol. The maximum atomic E-state index is 11.8. The average molecular weight is 406 g/mol. The van der Waals surface area contributed by atoms with E-state index >= 15 is 0 Å². The number of halogens is 1. The number of amides is 5. The Bertz CT molecular complexity index is 858. The third-order valence-electron chi connectivity index (χ3n) is 3.51. The van der Waals surface area contributed by atoms with Crippen molar-refractivity contribution in [2.45, 2.75) is 6.92 Å². The molecule has 0 saturated heterocycles. The molecule has 0 radical (unpaired) electrons. The highest BCUT2D eigenvalue weighted by Crippen LogP contribution is 2.19. The zero-order valence-electron chi connectivity index (χ0n) is 15.3. The summed E-state index contributed by atoms with van der Waals surface area (Å²) in [5.74, 6) is 0.0522. The molecule has 0 bridgehead atoms. The third kappa shape index (κ3) is 6.69. The molecule has 0 fully saturated rings. The van der Waals surface area contributed by atoms with Gasteiger partial charge in [0.15, 0.2) is 0 Å². The van der Waals surface area contributed by atoms with Gasteiger partial charge < -0.3 is 20.7 Å². The number of urea groups is 2. The SMILES string of the molecule is COc1ccc(NC(=O)NCC(=O)NNC(=O)Nc2ccc(Cl)cc2C)cc1. The van der Waals surface area contributed by atoms with Crippen molar-refractivity contribution in [2.75, 3.05) is 24.3 Å². The van der Waals surface area contributed by atoms with Gasteiger partial charge in [0.05, 0.1) is 7.11 Å². The minimum Gasteiger partial charge on any atom is -0.497 e. The van der Waals surface area contributed by atoms with Crippen molar-refractivity contribution in [1.82, 2.24) is 16.2 Å². The smallest absolute Gasteiger partial charge is 0.337 e. The molecule has 5 N–H and O–H groups in total. The summed E-state index contributed by atoms with van der Waals surface area (Å²) in [5.41, 5.74) is 6.23. The van der Waals surface area contributed by atoms with Gasteiger partial charge in [0.1, 0.15) is 12.3 Å². The molecule has 10 heteroatoms. The molecule has 2 aromatic rings. The number of benzene rings is 2. The van der Waals surface area contributed by atoms with Crippen molar-refractivity contribution in [3.05, 3.63) is 53.1 Å². The number of hydrogen-bond acceptors (Lipinski definition) is 4. The molecule has 2 aromatic carbocycles. The number of aryl methyl sites for hydroxylation is 1. The Morgan fingerprint density at radius 1 is 0.964 bits per heavy atom. The number of hydrogen-bond donors (Lipinski definition) is 5. The van der Waals surface area contributed by atoms with E-state index in [1.165, 1.54) is 0 Å². The number of carbonyl (C=O) groups is 3. The minimum atomic E-state index is -0.638. The predicted octanol–water partition coefficient (Wildman–Crippen LogP) is 2.63. The van der Waals surface area contributed by atoms with E-state index in [-0.39, 0.29) is 6.54 Å². The Hall–Kier alpha value is -3.46. The number of methoxy groups -OCH3 is 1. The van der Waals surface area contributed by atoms with Crippen molar-refractivity contribution in [3.8, 4) is 5.75 Å². The monoisotopic (exact) mass is 405 g/mol. The first-order valence-corrected chi connectivity index (χ1v) is 8.56. The molecule has 0 aliphatic carbocycles. The van der Waals surface area contributed by atoms with Crippen LogP contribution in [-0.2, 0) is 4.79 Å². The molecule has 2 rings (SSSR count). The van der Waals surface area contributed by atoms with Gasteiger partial charge in [-0.05, 0) is 55.0 Å². The Morgan fingerprint density at radius 2 is 1.68 bits per heavy atom. The van der Waals surface area contributed by atoms with Gasteiger partial charge in [0, 0.05) is 16.4 Å². The summed E-state index contributed by atoms with van der Waals surface area (Å²) >= 11 is 5.85. The van der Waals surface area contributed by atoms with Crippen molar-refractivity contribution in [2.24, 2.45) is 0 Å². The quantitative estimate of drug-likeness (QED) is 0.491. The second kappa shape index (κ2) is 10.0. The molecule has 9 nitrogen and oxygen atoms in total. The molecule has 0 atom stereocenters. The number of nitrogens with one attached hydrogen (secondary N) is 5. The van der Waals surface area contributed by atoms with Gasteiger partial charge >= 0.3 is 12.1 Å². The van der Waals surface area contributed by atoms with Gasteiger partial charge in [-0.2, -0.15) is 0 Å². The van der Waals surface area contributed by atoms with E-state index in [0.717, 1.165) is 5.56 Å². The molecule has 0 spiro atoms. The highest BCUT2D eigenvalue weighted by molar-refractivity contribution is 6.30. The summed E-state index contributed by atoms with van der Waals surface area (Å²) < 4.78 is 5.02. The second-order valence-corrected chi connectivity index (χ2v) is 6.06. The van der Waals surface area contributed by atoms with Crippen LogP contribution in [0.2, 0.25) is 5.02 Å². The lowest BCUT2D eigenvalue weighted by Crippen LogP contribution is -2.48. The Labute approximate surface area is 166 Å². The average Bonchev–Trinajstić information content (AvgIpc) is 2.67. The van der Waals surface area contributed by atoms with Crippen LogP contribution < -0.4 is 31.5 Å². The molecule has 0 heterocycles. The Kier molecular flexibility index (Phi) is 7.46. The summed E-state index contributed by atoms with van der Waals surface area (Å²) in [4.78, 5) is 35.3. The standard InChI is InChI=1S/C18H20ClN5O4/c1-11-9-12(19)3-8-15(11)22-18(27)24-23-16(25)10-20-17(26)21-13-4-6-14(28-2)7-5-13/h3-9H,10H2,1-2H3,(H,23,25)(H2,20,21,26)(H2,22,24,27). The van der Waals surface area contributed by atoms with Gasteiger partial charge in [0.2, 0.25) is 0 Å². The number of carbonyl (C=O) groups excluding carboxylic acids is 3. The highest BCUT2D eigenvalue weighted by Gasteiger charge is 2.08. The second-order valence-electron chi connectivity index (χ2n) is 5.62. The fraction of sp³-hybridized carbons (Fsp3) is 0.167. The normalized spacial score (nSPS) is 9.82. The lowest BCUT2D eigenvalue weighted by Gasteiger charge is -2.12. The van der Waals surface area contributed by atoms with Crippen LogP contribution in [0.25, 0.3) is 0 Å². The van der Waals surface area contributed by atoms with E-state index in [9.17, 15) is 14.4 Å². The number of hydrazine groups is 1.